The maximum atomic E-state index is 13.0. The molecule has 1 aromatic heterocycles. The lowest BCUT2D eigenvalue weighted by molar-refractivity contribution is -0.112. The number of anilines is 1. The molecule has 0 spiro atoms. The van der Waals surface area contributed by atoms with Crippen molar-refractivity contribution in [3.63, 3.8) is 0 Å². The summed E-state index contributed by atoms with van der Waals surface area (Å²) in [6.07, 6.45) is 3.04. The summed E-state index contributed by atoms with van der Waals surface area (Å²) < 4.78 is 0. The van der Waals surface area contributed by atoms with Gasteiger partial charge in [-0.15, -0.1) is 0 Å². The SMILES string of the molecule is C/N=C/c1ccc(C(=O)N/N=C2\C(=O)N(Cc3ccccc3)c3ccccc32)cn1. The Morgan fingerprint density at radius 3 is 2.57 bits per heavy atom. The predicted molar refractivity (Wildman–Crippen MR) is 116 cm³/mol. The minimum absolute atomic E-state index is 0.206. The summed E-state index contributed by atoms with van der Waals surface area (Å²) in [7, 11) is 1.65. The molecule has 3 aromatic rings. The van der Waals surface area contributed by atoms with Crippen molar-refractivity contribution in [1.82, 2.24) is 10.4 Å². The van der Waals surface area contributed by atoms with E-state index in [0.717, 1.165) is 11.3 Å². The topological polar surface area (TPSA) is 87.0 Å². The number of hydrazone groups is 1. The zero-order chi connectivity index (χ0) is 20.9. The highest BCUT2D eigenvalue weighted by atomic mass is 16.2. The van der Waals surface area contributed by atoms with Crippen LogP contribution < -0.4 is 10.3 Å². The molecule has 1 N–H and O–H groups in total. The van der Waals surface area contributed by atoms with Crippen LogP contribution >= 0.6 is 0 Å². The molecule has 0 bridgehead atoms. The van der Waals surface area contributed by atoms with Gasteiger partial charge in [0.1, 0.15) is 0 Å². The van der Waals surface area contributed by atoms with E-state index in [9.17, 15) is 9.59 Å². The summed E-state index contributed by atoms with van der Waals surface area (Å²) in [6, 6.07) is 20.5. The molecule has 2 aromatic carbocycles. The van der Waals surface area contributed by atoms with Gasteiger partial charge in [0.2, 0.25) is 0 Å². The Labute approximate surface area is 173 Å². The highest BCUT2D eigenvalue weighted by Crippen LogP contribution is 2.30. The number of carbonyl (C=O) groups is 2. The van der Waals surface area contributed by atoms with Crippen LogP contribution in [0.1, 0.15) is 27.2 Å². The lowest BCUT2D eigenvalue weighted by Gasteiger charge is -2.16. The van der Waals surface area contributed by atoms with Crippen molar-refractivity contribution in [2.75, 3.05) is 11.9 Å². The largest absolute Gasteiger partial charge is 0.302 e. The van der Waals surface area contributed by atoms with Crippen LogP contribution in [-0.2, 0) is 11.3 Å². The molecule has 7 heteroatoms. The Morgan fingerprint density at radius 1 is 1.07 bits per heavy atom. The number of rotatable bonds is 5. The number of fused-ring (bicyclic) bond motifs is 1. The second-order valence-electron chi connectivity index (χ2n) is 6.65. The molecule has 4 rings (SSSR count). The number of aliphatic imine (C=N–C) groups is 1. The number of hydrogen-bond donors (Lipinski definition) is 1. The van der Waals surface area contributed by atoms with E-state index in [0.29, 0.717) is 23.4 Å². The van der Waals surface area contributed by atoms with Gasteiger partial charge in [0, 0.05) is 25.0 Å². The molecule has 2 amide bonds. The summed E-state index contributed by atoms with van der Waals surface area (Å²) in [5.41, 5.74) is 6.13. The van der Waals surface area contributed by atoms with E-state index in [1.54, 1.807) is 30.3 Å². The van der Waals surface area contributed by atoms with Crippen molar-refractivity contribution >= 4 is 29.4 Å². The fourth-order valence-electron chi connectivity index (χ4n) is 3.21. The van der Waals surface area contributed by atoms with Gasteiger partial charge in [-0.25, -0.2) is 5.43 Å². The van der Waals surface area contributed by atoms with Crippen molar-refractivity contribution in [3.05, 3.63) is 95.3 Å². The smallest absolute Gasteiger partial charge is 0.279 e. The quantitative estimate of drug-likeness (QED) is 0.530. The molecule has 0 aliphatic carbocycles. The first kappa shape index (κ1) is 19.2. The van der Waals surface area contributed by atoms with E-state index in [1.165, 1.54) is 6.20 Å². The van der Waals surface area contributed by atoms with Crippen LogP contribution in [0.2, 0.25) is 0 Å². The fourth-order valence-corrected chi connectivity index (χ4v) is 3.21. The first-order valence-electron chi connectivity index (χ1n) is 9.39. The van der Waals surface area contributed by atoms with E-state index < -0.39 is 5.91 Å². The van der Waals surface area contributed by atoms with Crippen LogP contribution in [-0.4, -0.2) is 35.8 Å². The lowest BCUT2D eigenvalue weighted by Crippen LogP contribution is -2.31. The molecule has 1 aliphatic heterocycles. The molecule has 0 unspecified atom stereocenters. The third-order valence-electron chi connectivity index (χ3n) is 4.66. The Bertz CT molecular complexity index is 1140. The number of aromatic nitrogens is 1. The number of hydrogen-bond acceptors (Lipinski definition) is 5. The Morgan fingerprint density at radius 2 is 1.83 bits per heavy atom. The predicted octanol–water partition coefficient (Wildman–Crippen LogP) is 2.81. The van der Waals surface area contributed by atoms with E-state index in [1.807, 2.05) is 54.6 Å². The molecular formula is C23H19N5O2. The summed E-state index contributed by atoms with van der Waals surface area (Å²) >= 11 is 0. The van der Waals surface area contributed by atoms with Crippen LogP contribution in [0.5, 0.6) is 0 Å². The third kappa shape index (κ3) is 3.86. The molecule has 0 radical (unpaired) electrons. The van der Waals surface area contributed by atoms with Gasteiger partial charge in [-0.2, -0.15) is 5.10 Å². The zero-order valence-electron chi connectivity index (χ0n) is 16.3. The molecule has 2 heterocycles. The Balaban J connectivity index is 1.56. The second kappa shape index (κ2) is 8.48. The van der Waals surface area contributed by atoms with E-state index in [4.69, 9.17) is 0 Å². The van der Waals surface area contributed by atoms with Gasteiger partial charge < -0.3 is 4.90 Å². The minimum atomic E-state index is -0.443. The zero-order valence-corrected chi connectivity index (χ0v) is 16.3. The molecule has 0 saturated carbocycles. The van der Waals surface area contributed by atoms with Gasteiger partial charge >= 0.3 is 0 Å². The third-order valence-corrected chi connectivity index (χ3v) is 4.66. The first-order valence-corrected chi connectivity index (χ1v) is 9.39. The summed E-state index contributed by atoms with van der Waals surface area (Å²) in [5.74, 6) is -0.699. The summed E-state index contributed by atoms with van der Waals surface area (Å²) in [4.78, 5) is 35.2. The van der Waals surface area contributed by atoms with Crippen molar-refractivity contribution in [3.8, 4) is 0 Å². The molecule has 7 nitrogen and oxygen atoms in total. The maximum absolute atomic E-state index is 13.0. The minimum Gasteiger partial charge on any atom is -0.302 e. The monoisotopic (exact) mass is 397 g/mol. The fraction of sp³-hybridized carbons (Fsp3) is 0.0870. The van der Waals surface area contributed by atoms with Crippen molar-refractivity contribution in [2.24, 2.45) is 10.1 Å². The van der Waals surface area contributed by atoms with Gasteiger partial charge in [0.05, 0.1) is 23.5 Å². The number of pyridine rings is 1. The Hall–Kier alpha value is -4.13. The highest BCUT2D eigenvalue weighted by Gasteiger charge is 2.34. The van der Waals surface area contributed by atoms with E-state index in [2.05, 4.69) is 20.5 Å². The molecule has 30 heavy (non-hydrogen) atoms. The average molecular weight is 397 g/mol. The number of nitrogens with one attached hydrogen (secondary N) is 1. The maximum Gasteiger partial charge on any atom is 0.279 e. The average Bonchev–Trinajstić information content (AvgIpc) is 3.04. The summed E-state index contributed by atoms with van der Waals surface area (Å²) in [5, 5.41) is 4.14. The summed E-state index contributed by atoms with van der Waals surface area (Å²) in [6.45, 7) is 0.425. The number of nitrogens with zero attached hydrogens (tertiary/aromatic N) is 4. The lowest BCUT2D eigenvalue weighted by atomic mass is 10.1. The van der Waals surface area contributed by atoms with Crippen LogP contribution in [0.15, 0.2) is 83.0 Å². The van der Waals surface area contributed by atoms with Crippen molar-refractivity contribution < 1.29 is 9.59 Å². The van der Waals surface area contributed by atoms with Gasteiger partial charge in [0.25, 0.3) is 11.8 Å². The molecule has 148 valence electrons. The number of benzene rings is 2. The Kier molecular flexibility index (Phi) is 5.43. The van der Waals surface area contributed by atoms with Gasteiger partial charge in [-0.3, -0.25) is 19.6 Å². The molecule has 0 saturated heterocycles. The van der Waals surface area contributed by atoms with Crippen molar-refractivity contribution in [1.29, 1.82) is 0 Å². The normalized spacial score (nSPS) is 14.4. The number of amides is 2. The molecule has 0 atom stereocenters. The van der Waals surface area contributed by atoms with Gasteiger partial charge in [0.15, 0.2) is 5.71 Å². The highest BCUT2D eigenvalue weighted by molar-refractivity contribution is 6.54. The molecular weight excluding hydrogens is 378 g/mol. The molecule has 0 fully saturated rings. The molecule has 1 aliphatic rings. The van der Waals surface area contributed by atoms with E-state index in [-0.39, 0.29) is 11.6 Å². The van der Waals surface area contributed by atoms with Gasteiger partial charge in [-0.1, -0.05) is 48.5 Å². The first-order chi connectivity index (χ1) is 14.7. The van der Waals surface area contributed by atoms with Crippen LogP contribution in [0.25, 0.3) is 0 Å². The second-order valence-corrected chi connectivity index (χ2v) is 6.65. The number of para-hydroxylation sites is 1. The van der Waals surface area contributed by atoms with Crippen molar-refractivity contribution in [2.45, 2.75) is 6.54 Å². The number of carbonyl (C=O) groups excluding carboxylic acids is 2. The van der Waals surface area contributed by atoms with Crippen LogP contribution in [0.4, 0.5) is 5.69 Å². The van der Waals surface area contributed by atoms with Crippen LogP contribution in [0, 0.1) is 0 Å². The van der Waals surface area contributed by atoms with Gasteiger partial charge in [-0.05, 0) is 23.8 Å². The standard InChI is InChI=1S/C23H19N5O2/c1-24-14-18-12-11-17(13-25-18)22(29)27-26-21-19-9-5-6-10-20(19)28(23(21)30)15-16-7-3-2-4-8-16/h2-14H,15H2,1H3,(H,27,29)/b24-14+,26-21-. The van der Waals surface area contributed by atoms with Crippen LogP contribution in [0.3, 0.4) is 0 Å². The van der Waals surface area contributed by atoms with E-state index >= 15 is 0 Å².